The smallest absolute Gasteiger partial charge is 0.315 e. The minimum absolute atomic E-state index is 0.286. The van der Waals surface area contributed by atoms with Crippen LogP contribution in [0.2, 0.25) is 0 Å². The van der Waals surface area contributed by atoms with Crippen molar-refractivity contribution >= 4 is 6.72 Å². The molecule has 74 valence electrons. The summed E-state index contributed by atoms with van der Waals surface area (Å²) >= 11 is 0. The van der Waals surface area contributed by atoms with Gasteiger partial charge in [0.1, 0.15) is 6.04 Å². The van der Waals surface area contributed by atoms with Crippen LogP contribution >= 0.6 is 0 Å². The third kappa shape index (κ3) is 3.89. The Morgan fingerprint density at radius 2 is 2.08 bits per heavy atom. The van der Waals surface area contributed by atoms with Gasteiger partial charge in [-0.15, -0.1) is 0 Å². The van der Waals surface area contributed by atoms with Crippen molar-refractivity contribution in [3.63, 3.8) is 0 Å². The lowest BCUT2D eigenvalue weighted by Crippen LogP contribution is -2.38. The quantitative estimate of drug-likeness (QED) is 0.539. The highest BCUT2D eigenvalue weighted by molar-refractivity contribution is 5.32. The first-order valence-electron chi connectivity index (χ1n) is 3.55. The molecule has 0 aliphatic heterocycles. The van der Waals surface area contributed by atoms with Crippen LogP contribution in [0.4, 0.5) is 13.2 Å². The number of hydrogen-bond donors (Lipinski definition) is 1. The van der Waals surface area contributed by atoms with Crippen molar-refractivity contribution < 1.29 is 13.2 Å². The van der Waals surface area contributed by atoms with E-state index in [0.29, 0.717) is 0 Å². The molecule has 1 atom stereocenters. The SMILES string of the molecule is C=N/C(=C\C=C/C)C(N)C(F)(F)F. The van der Waals surface area contributed by atoms with Gasteiger partial charge in [0.25, 0.3) is 0 Å². The molecule has 0 aromatic carbocycles. The molecular weight excluding hydrogens is 181 g/mol. The number of nitrogens with zero attached hydrogens (tertiary/aromatic N) is 1. The highest BCUT2D eigenvalue weighted by Crippen LogP contribution is 2.23. The molecule has 0 aromatic heterocycles. The fourth-order valence-corrected chi connectivity index (χ4v) is 0.617. The normalized spacial score (nSPS) is 16.2. The summed E-state index contributed by atoms with van der Waals surface area (Å²) in [6.45, 7) is 4.69. The summed E-state index contributed by atoms with van der Waals surface area (Å²) in [5.74, 6) is 0. The van der Waals surface area contributed by atoms with Gasteiger partial charge < -0.3 is 5.73 Å². The third-order valence-electron chi connectivity index (χ3n) is 1.31. The number of nitrogens with two attached hydrogens (primary N) is 1. The third-order valence-corrected chi connectivity index (χ3v) is 1.31. The lowest BCUT2D eigenvalue weighted by Gasteiger charge is -2.15. The maximum Gasteiger partial charge on any atom is 0.409 e. The second kappa shape index (κ2) is 4.81. The van der Waals surface area contributed by atoms with Crippen LogP contribution in [0, 0.1) is 0 Å². The predicted molar refractivity (Wildman–Crippen MR) is 46.5 cm³/mol. The van der Waals surface area contributed by atoms with Crippen LogP contribution in [0.5, 0.6) is 0 Å². The molecule has 2 N–H and O–H groups in total. The summed E-state index contributed by atoms with van der Waals surface area (Å²) in [5.41, 5.74) is 4.60. The summed E-state index contributed by atoms with van der Waals surface area (Å²) in [7, 11) is 0. The van der Waals surface area contributed by atoms with E-state index in [1.807, 2.05) is 0 Å². The zero-order chi connectivity index (χ0) is 10.5. The highest BCUT2D eigenvalue weighted by Gasteiger charge is 2.38. The molecule has 5 heteroatoms. The van der Waals surface area contributed by atoms with Gasteiger partial charge in [-0.25, -0.2) is 0 Å². The molecule has 0 heterocycles. The molecule has 0 aliphatic rings. The lowest BCUT2D eigenvalue weighted by molar-refractivity contribution is -0.139. The lowest BCUT2D eigenvalue weighted by atomic mass is 10.2. The number of rotatable bonds is 3. The van der Waals surface area contributed by atoms with E-state index >= 15 is 0 Å². The standard InChI is InChI=1S/C8H11F3N2/c1-3-4-5-6(13-2)7(12)8(9,10)11/h3-5,7H,2,12H2,1H3/b4-3-,6-5-. The minimum Gasteiger partial charge on any atom is -0.315 e. The molecule has 0 fully saturated rings. The fourth-order valence-electron chi connectivity index (χ4n) is 0.617. The molecule has 2 nitrogen and oxygen atoms in total. The molecule has 1 unspecified atom stereocenters. The van der Waals surface area contributed by atoms with E-state index in [4.69, 9.17) is 5.73 Å². The van der Waals surface area contributed by atoms with Crippen LogP contribution in [0.3, 0.4) is 0 Å². The molecule has 0 radical (unpaired) electrons. The predicted octanol–water partition coefficient (Wildman–Crippen LogP) is 2.04. The summed E-state index contributed by atoms with van der Waals surface area (Å²) in [6.07, 6.45) is -0.288. The summed E-state index contributed by atoms with van der Waals surface area (Å²) in [6, 6.07) is -2.07. The van der Waals surface area contributed by atoms with Crippen LogP contribution in [-0.2, 0) is 0 Å². The first-order valence-corrected chi connectivity index (χ1v) is 3.55. The van der Waals surface area contributed by atoms with E-state index in [2.05, 4.69) is 11.7 Å². The van der Waals surface area contributed by atoms with Gasteiger partial charge in [0.05, 0.1) is 5.70 Å². The number of halogens is 3. The van der Waals surface area contributed by atoms with E-state index < -0.39 is 12.2 Å². The zero-order valence-corrected chi connectivity index (χ0v) is 7.17. The average molecular weight is 192 g/mol. The number of alkyl halides is 3. The van der Waals surface area contributed by atoms with Crippen LogP contribution in [-0.4, -0.2) is 18.9 Å². The number of aliphatic imine (C=N–C) groups is 1. The van der Waals surface area contributed by atoms with Crippen molar-refractivity contribution in [1.29, 1.82) is 0 Å². The van der Waals surface area contributed by atoms with Crippen LogP contribution in [0.25, 0.3) is 0 Å². The molecule has 0 saturated heterocycles. The van der Waals surface area contributed by atoms with Crippen LogP contribution in [0.15, 0.2) is 28.9 Å². The van der Waals surface area contributed by atoms with E-state index in [-0.39, 0.29) is 5.70 Å². The Hall–Kier alpha value is -1.10. The maximum atomic E-state index is 12.0. The second-order valence-electron chi connectivity index (χ2n) is 2.29. The fraction of sp³-hybridized carbons (Fsp3) is 0.375. The molecule has 0 aliphatic carbocycles. The molecule has 0 bridgehead atoms. The van der Waals surface area contributed by atoms with Gasteiger partial charge in [0.15, 0.2) is 0 Å². The number of allylic oxidation sites excluding steroid dienone is 3. The molecule has 0 rings (SSSR count). The van der Waals surface area contributed by atoms with Gasteiger partial charge in [0, 0.05) is 0 Å². The summed E-state index contributed by atoms with van der Waals surface area (Å²) in [4.78, 5) is 3.21. The van der Waals surface area contributed by atoms with Crippen LogP contribution < -0.4 is 5.73 Å². The maximum absolute atomic E-state index is 12.0. The first kappa shape index (κ1) is 11.9. The van der Waals surface area contributed by atoms with Crippen LogP contribution in [0.1, 0.15) is 6.92 Å². The Kier molecular flexibility index (Phi) is 4.40. The molecular formula is C8H11F3N2. The van der Waals surface area contributed by atoms with E-state index in [1.54, 1.807) is 13.0 Å². The second-order valence-corrected chi connectivity index (χ2v) is 2.29. The molecule has 0 saturated carbocycles. The van der Waals surface area contributed by atoms with Crippen molar-refractivity contribution in [2.24, 2.45) is 10.7 Å². The monoisotopic (exact) mass is 192 g/mol. The minimum atomic E-state index is -4.48. The largest absolute Gasteiger partial charge is 0.409 e. The molecule has 0 amide bonds. The Balaban J connectivity index is 4.69. The van der Waals surface area contributed by atoms with Crippen molar-refractivity contribution in [3.8, 4) is 0 Å². The Bertz CT molecular complexity index is 228. The molecule has 13 heavy (non-hydrogen) atoms. The first-order chi connectivity index (χ1) is 5.93. The van der Waals surface area contributed by atoms with Crippen molar-refractivity contribution in [2.45, 2.75) is 19.1 Å². The van der Waals surface area contributed by atoms with Crippen molar-refractivity contribution in [3.05, 3.63) is 23.9 Å². The van der Waals surface area contributed by atoms with Gasteiger partial charge in [-0.2, -0.15) is 13.2 Å². The van der Waals surface area contributed by atoms with E-state index in [1.165, 1.54) is 12.2 Å². The van der Waals surface area contributed by atoms with Gasteiger partial charge in [-0.05, 0) is 19.7 Å². The summed E-state index contributed by atoms with van der Waals surface area (Å²) < 4.78 is 36.1. The van der Waals surface area contributed by atoms with Gasteiger partial charge in [-0.3, -0.25) is 4.99 Å². The van der Waals surface area contributed by atoms with Crippen molar-refractivity contribution in [2.75, 3.05) is 0 Å². The van der Waals surface area contributed by atoms with Gasteiger partial charge >= 0.3 is 6.18 Å². The average Bonchev–Trinajstić information content (AvgIpc) is 2.04. The molecule has 0 spiro atoms. The van der Waals surface area contributed by atoms with E-state index in [9.17, 15) is 13.2 Å². The zero-order valence-electron chi connectivity index (χ0n) is 7.17. The van der Waals surface area contributed by atoms with Gasteiger partial charge in [0.2, 0.25) is 0 Å². The molecule has 0 aromatic rings. The van der Waals surface area contributed by atoms with Gasteiger partial charge in [-0.1, -0.05) is 12.2 Å². The van der Waals surface area contributed by atoms with E-state index in [0.717, 1.165) is 0 Å². The summed E-state index contributed by atoms with van der Waals surface area (Å²) in [5, 5.41) is 0. The Morgan fingerprint density at radius 1 is 1.54 bits per heavy atom. The Labute approximate surface area is 74.6 Å². The topological polar surface area (TPSA) is 38.4 Å². The highest BCUT2D eigenvalue weighted by atomic mass is 19.4. The number of hydrogen-bond acceptors (Lipinski definition) is 2. The van der Waals surface area contributed by atoms with Crippen molar-refractivity contribution in [1.82, 2.24) is 0 Å². The Morgan fingerprint density at radius 3 is 2.38 bits per heavy atom.